The van der Waals surface area contributed by atoms with Crippen LogP contribution in [0.2, 0.25) is 0 Å². The average Bonchev–Trinajstić information content (AvgIpc) is 2.53. The van der Waals surface area contributed by atoms with Gasteiger partial charge in [-0.05, 0) is 61.2 Å². The summed E-state index contributed by atoms with van der Waals surface area (Å²) in [6, 6.07) is 8.94. The van der Waals surface area contributed by atoms with Crippen LogP contribution in [0.5, 0.6) is 0 Å². The molecule has 0 unspecified atom stereocenters. The van der Waals surface area contributed by atoms with Gasteiger partial charge in [-0.2, -0.15) is 0 Å². The van der Waals surface area contributed by atoms with Crippen LogP contribution in [0.25, 0.3) is 0 Å². The molecule has 3 rings (SSSR count). The third kappa shape index (κ3) is 3.28. The van der Waals surface area contributed by atoms with Gasteiger partial charge in [0.05, 0.1) is 0 Å². The van der Waals surface area contributed by atoms with Gasteiger partial charge in [0.15, 0.2) is 0 Å². The number of rotatable bonds is 5. The lowest BCUT2D eigenvalue weighted by Gasteiger charge is -2.31. The molecule has 2 aromatic rings. The van der Waals surface area contributed by atoms with Crippen LogP contribution in [-0.2, 0) is 12.8 Å². The second kappa shape index (κ2) is 6.88. The lowest BCUT2D eigenvalue weighted by atomic mass is 9.95. The van der Waals surface area contributed by atoms with E-state index in [4.69, 9.17) is 0 Å². The first-order chi connectivity index (χ1) is 10.8. The fourth-order valence-corrected chi connectivity index (χ4v) is 3.11. The van der Waals surface area contributed by atoms with Crippen LogP contribution >= 0.6 is 0 Å². The summed E-state index contributed by atoms with van der Waals surface area (Å²) in [7, 11) is 1.97. The SMILES string of the molecule is CNCCN1CCCc2c(Cc3cccc(F)c3)ccnc21. The van der Waals surface area contributed by atoms with E-state index in [0.29, 0.717) is 0 Å². The van der Waals surface area contributed by atoms with Crippen molar-refractivity contribution in [3.8, 4) is 0 Å². The molecule has 2 heterocycles. The molecule has 0 aliphatic carbocycles. The van der Waals surface area contributed by atoms with Crippen molar-refractivity contribution in [2.24, 2.45) is 0 Å². The molecule has 1 N–H and O–H groups in total. The number of benzene rings is 1. The number of hydrogen-bond donors (Lipinski definition) is 1. The monoisotopic (exact) mass is 299 g/mol. The van der Waals surface area contributed by atoms with Gasteiger partial charge < -0.3 is 10.2 Å². The molecule has 1 aromatic carbocycles. The molecule has 0 bridgehead atoms. The Morgan fingerprint density at radius 3 is 3.05 bits per heavy atom. The summed E-state index contributed by atoms with van der Waals surface area (Å²) in [5, 5.41) is 3.20. The number of hydrogen-bond acceptors (Lipinski definition) is 3. The van der Waals surface area contributed by atoms with Gasteiger partial charge in [0.1, 0.15) is 11.6 Å². The van der Waals surface area contributed by atoms with Gasteiger partial charge in [-0.1, -0.05) is 12.1 Å². The molecule has 22 heavy (non-hydrogen) atoms. The summed E-state index contributed by atoms with van der Waals surface area (Å²) in [5.41, 5.74) is 3.61. The highest BCUT2D eigenvalue weighted by Gasteiger charge is 2.20. The highest BCUT2D eigenvalue weighted by atomic mass is 19.1. The van der Waals surface area contributed by atoms with Crippen molar-refractivity contribution in [1.29, 1.82) is 0 Å². The second-order valence-electron chi connectivity index (χ2n) is 5.77. The van der Waals surface area contributed by atoms with E-state index in [2.05, 4.69) is 21.3 Å². The van der Waals surface area contributed by atoms with Gasteiger partial charge in [-0.25, -0.2) is 9.37 Å². The molecule has 0 spiro atoms. The topological polar surface area (TPSA) is 28.2 Å². The summed E-state index contributed by atoms with van der Waals surface area (Å²) in [5.74, 6) is 0.937. The molecular formula is C18H22FN3. The Hall–Kier alpha value is -1.94. The van der Waals surface area contributed by atoms with Gasteiger partial charge in [0.2, 0.25) is 0 Å². The zero-order valence-electron chi connectivity index (χ0n) is 13.0. The van der Waals surface area contributed by atoms with E-state index in [1.807, 2.05) is 19.3 Å². The Labute approximate surface area is 131 Å². The Kier molecular flexibility index (Phi) is 4.68. The van der Waals surface area contributed by atoms with E-state index < -0.39 is 0 Å². The maximum absolute atomic E-state index is 13.4. The summed E-state index contributed by atoms with van der Waals surface area (Å²) >= 11 is 0. The minimum absolute atomic E-state index is 0.170. The maximum Gasteiger partial charge on any atom is 0.132 e. The third-order valence-corrected chi connectivity index (χ3v) is 4.20. The number of fused-ring (bicyclic) bond motifs is 1. The first-order valence-electron chi connectivity index (χ1n) is 7.88. The highest BCUT2D eigenvalue weighted by molar-refractivity contribution is 5.53. The lowest BCUT2D eigenvalue weighted by Crippen LogP contribution is -2.35. The van der Waals surface area contributed by atoms with Crippen molar-refractivity contribution < 1.29 is 4.39 Å². The molecule has 1 aliphatic heterocycles. The first-order valence-corrected chi connectivity index (χ1v) is 7.88. The van der Waals surface area contributed by atoms with Crippen molar-refractivity contribution in [3.05, 3.63) is 59.0 Å². The predicted octanol–water partition coefficient (Wildman–Crippen LogP) is 2.78. The molecule has 0 saturated heterocycles. The molecular weight excluding hydrogens is 277 g/mol. The predicted molar refractivity (Wildman–Crippen MR) is 87.9 cm³/mol. The number of anilines is 1. The van der Waals surface area contributed by atoms with E-state index in [0.717, 1.165) is 50.3 Å². The molecule has 0 fully saturated rings. The van der Waals surface area contributed by atoms with Crippen molar-refractivity contribution in [2.75, 3.05) is 31.6 Å². The van der Waals surface area contributed by atoms with E-state index in [9.17, 15) is 4.39 Å². The number of nitrogens with zero attached hydrogens (tertiary/aromatic N) is 2. The number of aromatic nitrogens is 1. The van der Waals surface area contributed by atoms with Crippen molar-refractivity contribution in [2.45, 2.75) is 19.3 Å². The van der Waals surface area contributed by atoms with Gasteiger partial charge in [-0.3, -0.25) is 0 Å². The van der Waals surface area contributed by atoms with Crippen LogP contribution in [0.15, 0.2) is 36.5 Å². The van der Waals surface area contributed by atoms with Crippen LogP contribution in [0.4, 0.5) is 10.2 Å². The Morgan fingerprint density at radius 2 is 2.23 bits per heavy atom. The zero-order chi connectivity index (χ0) is 15.4. The number of nitrogens with one attached hydrogen (secondary N) is 1. The number of halogens is 1. The largest absolute Gasteiger partial charge is 0.355 e. The van der Waals surface area contributed by atoms with Crippen LogP contribution in [-0.4, -0.2) is 31.7 Å². The van der Waals surface area contributed by atoms with Crippen LogP contribution in [0.3, 0.4) is 0 Å². The minimum atomic E-state index is -0.170. The van der Waals surface area contributed by atoms with E-state index in [-0.39, 0.29) is 5.82 Å². The minimum Gasteiger partial charge on any atom is -0.355 e. The molecule has 0 amide bonds. The zero-order valence-corrected chi connectivity index (χ0v) is 13.0. The van der Waals surface area contributed by atoms with Gasteiger partial charge in [0.25, 0.3) is 0 Å². The highest BCUT2D eigenvalue weighted by Crippen LogP contribution is 2.28. The van der Waals surface area contributed by atoms with E-state index >= 15 is 0 Å². The summed E-state index contributed by atoms with van der Waals surface area (Å²) in [4.78, 5) is 6.95. The average molecular weight is 299 g/mol. The van der Waals surface area contributed by atoms with Gasteiger partial charge >= 0.3 is 0 Å². The summed E-state index contributed by atoms with van der Waals surface area (Å²) < 4.78 is 13.4. The quantitative estimate of drug-likeness (QED) is 0.920. The van der Waals surface area contributed by atoms with Crippen LogP contribution in [0, 0.1) is 5.82 Å². The smallest absolute Gasteiger partial charge is 0.132 e. The Morgan fingerprint density at radius 1 is 1.32 bits per heavy atom. The van der Waals surface area contributed by atoms with E-state index in [1.165, 1.54) is 17.2 Å². The van der Waals surface area contributed by atoms with Gasteiger partial charge in [-0.15, -0.1) is 0 Å². The van der Waals surface area contributed by atoms with Gasteiger partial charge in [0, 0.05) is 25.8 Å². The number of pyridine rings is 1. The standard InChI is InChI=1S/C18H22FN3/c1-20-9-11-22-10-3-6-17-15(7-8-21-18(17)22)12-14-4-2-5-16(19)13-14/h2,4-5,7-8,13,20H,3,6,9-12H2,1H3. The lowest BCUT2D eigenvalue weighted by molar-refractivity contribution is 0.625. The molecule has 3 nitrogen and oxygen atoms in total. The second-order valence-corrected chi connectivity index (χ2v) is 5.77. The normalized spacial score (nSPS) is 14.0. The molecule has 0 radical (unpaired) electrons. The summed E-state index contributed by atoms with van der Waals surface area (Å²) in [6.07, 6.45) is 4.86. The van der Waals surface area contributed by atoms with Crippen LogP contribution in [0.1, 0.15) is 23.1 Å². The Balaban J connectivity index is 1.87. The first kappa shape index (κ1) is 15.0. The fraction of sp³-hybridized carbons (Fsp3) is 0.389. The molecule has 1 aliphatic rings. The summed E-state index contributed by atoms with van der Waals surface area (Å²) in [6.45, 7) is 2.99. The van der Waals surface area contributed by atoms with Crippen LogP contribution < -0.4 is 10.2 Å². The van der Waals surface area contributed by atoms with Crippen molar-refractivity contribution in [1.82, 2.24) is 10.3 Å². The molecule has 0 saturated carbocycles. The molecule has 116 valence electrons. The van der Waals surface area contributed by atoms with Crippen molar-refractivity contribution in [3.63, 3.8) is 0 Å². The maximum atomic E-state index is 13.4. The van der Waals surface area contributed by atoms with E-state index in [1.54, 1.807) is 12.1 Å². The fourth-order valence-electron chi connectivity index (χ4n) is 3.11. The molecule has 1 aromatic heterocycles. The number of likely N-dealkylation sites (N-methyl/N-ethyl adjacent to an activating group) is 1. The third-order valence-electron chi connectivity index (χ3n) is 4.20. The van der Waals surface area contributed by atoms with Crippen molar-refractivity contribution >= 4 is 5.82 Å². The molecule has 0 atom stereocenters. The Bertz CT molecular complexity index is 642. The molecule has 4 heteroatoms.